The van der Waals surface area contributed by atoms with Crippen LogP contribution in [0.3, 0.4) is 0 Å². The van der Waals surface area contributed by atoms with Gasteiger partial charge in [0.1, 0.15) is 5.75 Å². The Morgan fingerprint density at radius 3 is 2.95 bits per heavy atom. The van der Waals surface area contributed by atoms with Gasteiger partial charge in [-0.3, -0.25) is 0 Å². The summed E-state index contributed by atoms with van der Waals surface area (Å²) in [5.41, 5.74) is 0.869. The summed E-state index contributed by atoms with van der Waals surface area (Å²) in [4.78, 5) is 14.1. The monoisotopic (exact) mass is 303 g/mol. The van der Waals surface area contributed by atoms with Crippen LogP contribution in [-0.2, 0) is 9.53 Å². The van der Waals surface area contributed by atoms with Crippen LogP contribution >= 0.6 is 0 Å². The van der Waals surface area contributed by atoms with E-state index in [-0.39, 0.29) is 5.97 Å². The summed E-state index contributed by atoms with van der Waals surface area (Å²) in [6.45, 7) is 1.62. The third-order valence-corrected chi connectivity index (χ3v) is 4.15. The summed E-state index contributed by atoms with van der Waals surface area (Å²) < 4.78 is 10.5. The van der Waals surface area contributed by atoms with Gasteiger partial charge in [-0.2, -0.15) is 0 Å². The van der Waals surface area contributed by atoms with Gasteiger partial charge < -0.3 is 14.4 Å². The summed E-state index contributed by atoms with van der Waals surface area (Å²) in [5.74, 6) is 0.444. The van der Waals surface area contributed by atoms with Gasteiger partial charge in [-0.05, 0) is 45.0 Å². The first-order valence-corrected chi connectivity index (χ1v) is 7.89. The van der Waals surface area contributed by atoms with Crippen molar-refractivity contribution in [3.63, 3.8) is 0 Å². The molecule has 4 nitrogen and oxygen atoms in total. The number of ether oxygens (including phenoxy) is 2. The SMILES string of the molecule is COc1ccccc1C=CC(=O)OCCC1CCCCN1C. The maximum absolute atomic E-state index is 11.8. The number of piperidine rings is 1. The van der Waals surface area contributed by atoms with Crippen LogP contribution < -0.4 is 4.74 Å². The molecule has 1 aromatic carbocycles. The van der Waals surface area contributed by atoms with Gasteiger partial charge in [-0.25, -0.2) is 4.79 Å². The van der Waals surface area contributed by atoms with E-state index in [1.54, 1.807) is 13.2 Å². The second-order valence-corrected chi connectivity index (χ2v) is 5.66. The average molecular weight is 303 g/mol. The van der Waals surface area contributed by atoms with E-state index in [1.165, 1.54) is 25.3 Å². The summed E-state index contributed by atoms with van der Waals surface area (Å²) in [5, 5.41) is 0. The zero-order chi connectivity index (χ0) is 15.8. The number of hydrogen-bond donors (Lipinski definition) is 0. The lowest BCUT2D eigenvalue weighted by molar-refractivity contribution is -0.138. The molecule has 1 fully saturated rings. The minimum absolute atomic E-state index is 0.302. The molecule has 1 atom stereocenters. The van der Waals surface area contributed by atoms with Crippen LogP contribution in [0.1, 0.15) is 31.2 Å². The molecule has 0 radical (unpaired) electrons. The lowest BCUT2D eigenvalue weighted by Crippen LogP contribution is -2.37. The molecule has 1 heterocycles. The number of carbonyl (C=O) groups excluding carboxylic acids is 1. The Labute approximate surface area is 132 Å². The Balaban J connectivity index is 1.76. The van der Waals surface area contributed by atoms with Crippen molar-refractivity contribution in [3.05, 3.63) is 35.9 Å². The molecule has 0 saturated carbocycles. The average Bonchev–Trinajstić information content (AvgIpc) is 2.55. The van der Waals surface area contributed by atoms with Crippen LogP contribution in [0.2, 0.25) is 0 Å². The molecule has 2 rings (SSSR count). The van der Waals surface area contributed by atoms with Crippen molar-refractivity contribution in [2.75, 3.05) is 27.3 Å². The van der Waals surface area contributed by atoms with Crippen LogP contribution in [-0.4, -0.2) is 44.2 Å². The van der Waals surface area contributed by atoms with E-state index in [9.17, 15) is 4.79 Å². The first-order chi connectivity index (χ1) is 10.7. The van der Waals surface area contributed by atoms with Gasteiger partial charge in [0.2, 0.25) is 0 Å². The predicted octanol–water partition coefficient (Wildman–Crippen LogP) is 3.13. The number of para-hydroxylation sites is 1. The second-order valence-electron chi connectivity index (χ2n) is 5.66. The maximum Gasteiger partial charge on any atom is 0.330 e. The Morgan fingerprint density at radius 2 is 2.18 bits per heavy atom. The highest BCUT2D eigenvalue weighted by Crippen LogP contribution is 2.19. The molecule has 0 bridgehead atoms. The fourth-order valence-electron chi connectivity index (χ4n) is 2.81. The standard InChI is InChI=1S/C18H25NO3/c1-19-13-6-5-8-16(19)12-14-22-18(20)11-10-15-7-3-4-9-17(15)21-2/h3-4,7,9-11,16H,5-6,8,12-14H2,1-2H3. The van der Waals surface area contributed by atoms with Crippen molar-refractivity contribution < 1.29 is 14.3 Å². The van der Waals surface area contributed by atoms with Crippen LogP contribution in [0, 0.1) is 0 Å². The van der Waals surface area contributed by atoms with Crippen molar-refractivity contribution in [1.82, 2.24) is 4.90 Å². The van der Waals surface area contributed by atoms with Crippen molar-refractivity contribution in [3.8, 4) is 5.75 Å². The van der Waals surface area contributed by atoms with E-state index in [1.807, 2.05) is 24.3 Å². The molecule has 1 aliphatic rings. The lowest BCUT2D eigenvalue weighted by atomic mass is 10.0. The quantitative estimate of drug-likeness (QED) is 0.598. The number of likely N-dealkylation sites (tertiary alicyclic amines) is 1. The number of nitrogens with zero attached hydrogens (tertiary/aromatic N) is 1. The van der Waals surface area contributed by atoms with E-state index < -0.39 is 0 Å². The highest BCUT2D eigenvalue weighted by molar-refractivity contribution is 5.87. The smallest absolute Gasteiger partial charge is 0.330 e. The number of rotatable bonds is 6. The highest BCUT2D eigenvalue weighted by atomic mass is 16.5. The van der Waals surface area contributed by atoms with E-state index in [2.05, 4.69) is 11.9 Å². The Bertz CT molecular complexity index is 513. The molecule has 0 aliphatic carbocycles. The fraction of sp³-hybridized carbons (Fsp3) is 0.500. The molecule has 1 saturated heterocycles. The molecule has 1 aliphatic heterocycles. The molecular formula is C18H25NO3. The number of esters is 1. The largest absolute Gasteiger partial charge is 0.496 e. The van der Waals surface area contributed by atoms with Gasteiger partial charge in [0, 0.05) is 17.7 Å². The summed E-state index contributed by atoms with van der Waals surface area (Å²) in [7, 11) is 3.76. The van der Waals surface area contributed by atoms with Gasteiger partial charge in [-0.1, -0.05) is 24.6 Å². The number of hydrogen-bond acceptors (Lipinski definition) is 4. The third-order valence-electron chi connectivity index (χ3n) is 4.15. The molecule has 0 spiro atoms. The van der Waals surface area contributed by atoms with E-state index in [4.69, 9.17) is 9.47 Å². The topological polar surface area (TPSA) is 38.8 Å². The molecule has 120 valence electrons. The van der Waals surface area contributed by atoms with Gasteiger partial charge in [0.15, 0.2) is 0 Å². The van der Waals surface area contributed by atoms with Gasteiger partial charge >= 0.3 is 5.97 Å². The molecule has 1 unspecified atom stereocenters. The Hall–Kier alpha value is -1.81. The second kappa shape index (κ2) is 8.59. The number of methoxy groups -OCH3 is 1. The van der Waals surface area contributed by atoms with Crippen molar-refractivity contribution in [1.29, 1.82) is 0 Å². The fourth-order valence-corrected chi connectivity index (χ4v) is 2.81. The van der Waals surface area contributed by atoms with Crippen molar-refractivity contribution in [2.24, 2.45) is 0 Å². The maximum atomic E-state index is 11.8. The normalized spacial score (nSPS) is 19.3. The van der Waals surface area contributed by atoms with Crippen LogP contribution in [0.5, 0.6) is 5.75 Å². The van der Waals surface area contributed by atoms with E-state index >= 15 is 0 Å². The summed E-state index contributed by atoms with van der Waals surface area (Å²) in [6, 6.07) is 8.12. The van der Waals surface area contributed by atoms with Gasteiger partial charge in [0.05, 0.1) is 13.7 Å². The van der Waals surface area contributed by atoms with Crippen LogP contribution in [0.4, 0.5) is 0 Å². The van der Waals surface area contributed by atoms with Crippen molar-refractivity contribution >= 4 is 12.0 Å². The van der Waals surface area contributed by atoms with Gasteiger partial charge in [-0.15, -0.1) is 0 Å². The highest BCUT2D eigenvalue weighted by Gasteiger charge is 2.18. The zero-order valence-corrected chi connectivity index (χ0v) is 13.5. The molecule has 22 heavy (non-hydrogen) atoms. The third kappa shape index (κ3) is 4.88. The Morgan fingerprint density at radius 1 is 1.36 bits per heavy atom. The Kier molecular flexibility index (Phi) is 6.46. The summed E-state index contributed by atoms with van der Waals surface area (Å²) in [6.07, 6.45) is 7.84. The molecule has 0 N–H and O–H groups in total. The minimum Gasteiger partial charge on any atom is -0.496 e. The summed E-state index contributed by atoms with van der Waals surface area (Å²) >= 11 is 0. The number of benzene rings is 1. The van der Waals surface area contributed by atoms with Gasteiger partial charge in [0.25, 0.3) is 0 Å². The molecule has 4 heteroatoms. The van der Waals surface area contributed by atoms with Crippen molar-refractivity contribution in [2.45, 2.75) is 31.7 Å². The van der Waals surface area contributed by atoms with E-state index in [0.717, 1.165) is 24.3 Å². The zero-order valence-electron chi connectivity index (χ0n) is 13.5. The molecular weight excluding hydrogens is 278 g/mol. The molecule has 0 aromatic heterocycles. The predicted molar refractivity (Wildman–Crippen MR) is 87.9 cm³/mol. The first-order valence-electron chi connectivity index (χ1n) is 7.89. The first kappa shape index (κ1) is 16.6. The van der Waals surface area contributed by atoms with Crippen LogP contribution in [0.15, 0.2) is 30.3 Å². The minimum atomic E-state index is -0.302. The molecule has 1 aromatic rings. The lowest BCUT2D eigenvalue weighted by Gasteiger charge is -2.32. The molecule has 0 amide bonds. The van der Waals surface area contributed by atoms with E-state index in [0.29, 0.717) is 12.6 Å². The van der Waals surface area contributed by atoms with Crippen LogP contribution in [0.25, 0.3) is 6.08 Å². The number of carbonyl (C=O) groups is 1.